The maximum Gasteiger partial charge on any atom is 0.146 e. The highest BCUT2D eigenvalue weighted by atomic mass is 19.1. The minimum Gasteiger partial charge on any atom is -0.497 e. The van der Waals surface area contributed by atoms with Crippen molar-refractivity contribution in [1.82, 2.24) is 4.90 Å². The molecule has 3 rings (SSSR count). The molecule has 1 heterocycles. The molecule has 0 radical (unpaired) electrons. The molecule has 6 heteroatoms. The Morgan fingerprint density at radius 1 is 1.04 bits per heavy atom. The van der Waals surface area contributed by atoms with Gasteiger partial charge in [0.15, 0.2) is 0 Å². The second-order valence-corrected chi connectivity index (χ2v) is 6.38. The minimum atomic E-state index is -0.582. The van der Waals surface area contributed by atoms with E-state index in [2.05, 4.69) is 4.90 Å². The van der Waals surface area contributed by atoms with E-state index in [9.17, 15) is 9.50 Å². The van der Waals surface area contributed by atoms with Crippen molar-refractivity contribution < 1.29 is 19.0 Å². The van der Waals surface area contributed by atoms with Gasteiger partial charge in [-0.05, 0) is 24.3 Å². The van der Waals surface area contributed by atoms with Gasteiger partial charge in [0.25, 0.3) is 0 Å². The summed E-state index contributed by atoms with van der Waals surface area (Å²) in [6.07, 6.45) is -0.582. The first-order valence-corrected chi connectivity index (χ1v) is 8.82. The molecule has 26 heavy (non-hydrogen) atoms. The first-order chi connectivity index (χ1) is 12.7. The Morgan fingerprint density at radius 2 is 1.77 bits per heavy atom. The summed E-state index contributed by atoms with van der Waals surface area (Å²) in [7, 11) is 1.61. The maximum absolute atomic E-state index is 13.9. The summed E-state index contributed by atoms with van der Waals surface area (Å²) in [6, 6.07) is 14.2. The van der Waals surface area contributed by atoms with Gasteiger partial charge in [-0.2, -0.15) is 0 Å². The molecule has 1 unspecified atom stereocenters. The van der Waals surface area contributed by atoms with Gasteiger partial charge in [-0.1, -0.05) is 18.2 Å². The van der Waals surface area contributed by atoms with Crippen molar-refractivity contribution in [2.75, 3.05) is 51.3 Å². The Bertz CT molecular complexity index is 705. The van der Waals surface area contributed by atoms with E-state index < -0.39 is 6.10 Å². The molecule has 1 saturated heterocycles. The Hall–Kier alpha value is -2.31. The van der Waals surface area contributed by atoms with E-state index in [0.717, 1.165) is 31.9 Å². The summed E-state index contributed by atoms with van der Waals surface area (Å²) in [5.41, 5.74) is 0.647. The van der Waals surface area contributed by atoms with E-state index in [1.807, 2.05) is 35.2 Å². The molecule has 0 saturated carbocycles. The number of para-hydroxylation sites is 1. The van der Waals surface area contributed by atoms with Crippen molar-refractivity contribution in [3.8, 4) is 11.5 Å². The van der Waals surface area contributed by atoms with Crippen LogP contribution >= 0.6 is 0 Å². The molecule has 0 bridgehead atoms. The monoisotopic (exact) mass is 360 g/mol. The summed E-state index contributed by atoms with van der Waals surface area (Å²) in [5.74, 6) is 1.21. The summed E-state index contributed by atoms with van der Waals surface area (Å²) < 4.78 is 24.7. The number of β-amino-alcohol motifs (C(OH)–C–C–N with tert-alkyl or cyclic N) is 1. The fourth-order valence-corrected chi connectivity index (χ4v) is 3.11. The van der Waals surface area contributed by atoms with Crippen LogP contribution in [0.15, 0.2) is 48.5 Å². The van der Waals surface area contributed by atoms with Crippen LogP contribution in [0.3, 0.4) is 0 Å². The average Bonchev–Trinajstić information content (AvgIpc) is 2.68. The van der Waals surface area contributed by atoms with Crippen molar-refractivity contribution in [3.05, 3.63) is 54.3 Å². The SMILES string of the molecule is COc1cccc(OCC(O)CN2CCN(c3ccccc3F)CC2)c1. The van der Waals surface area contributed by atoms with Crippen LogP contribution in [-0.2, 0) is 0 Å². The quantitative estimate of drug-likeness (QED) is 0.822. The number of hydrogen-bond acceptors (Lipinski definition) is 5. The topological polar surface area (TPSA) is 45.2 Å². The summed E-state index contributed by atoms with van der Waals surface area (Å²) in [5, 5.41) is 10.2. The van der Waals surface area contributed by atoms with E-state index in [-0.39, 0.29) is 12.4 Å². The lowest BCUT2D eigenvalue weighted by Crippen LogP contribution is -2.49. The number of rotatable bonds is 7. The summed E-state index contributed by atoms with van der Waals surface area (Å²) in [4.78, 5) is 4.22. The fourth-order valence-electron chi connectivity index (χ4n) is 3.11. The van der Waals surface area contributed by atoms with Gasteiger partial charge in [0.05, 0.1) is 12.8 Å². The smallest absolute Gasteiger partial charge is 0.146 e. The molecule has 0 spiro atoms. The maximum atomic E-state index is 13.9. The molecule has 0 aliphatic carbocycles. The van der Waals surface area contributed by atoms with Crippen LogP contribution < -0.4 is 14.4 Å². The van der Waals surface area contributed by atoms with Crippen LogP contribution in [0.1, 0.15) is 0 Å². The number of nitrogens with zero attached hydrogens (tertiary/aromatic N) is 2. The van der Waals surface area contributed by atoms with Crippen LogP contribution in [0.2, 0.25) is 0 Å². The molecule has 1 aliphatic rings. The van der Waals surface area contributed by atoms with Gasteiger partial charge in [-0.25, -0.2) is 4.39 Å². The van der Waals surface area contributed by atoms with Crippen molar-refractivity contribution in [1.29, 1.82) is 0 Å². The van der Waals surface area contributed by atoms with Crippen LogP contribution in [0.5, 0.6) is 11.5 Å². The standard InChI is InChI=1S/C20H25FN2O3/c1-25-17-5-4-6-18(13-17)26-15-16(24)14-22-9-11-23(12-10-22)20-8-3-2-7-19(20)21/h2-8,13,16,24H,9-12,14-15H2,1H3. The highest BCUT2D eigenvalue weighted by molar-refractivity contribution is 5.48. The lowest BCUT2D eigenvalue weighted by atomic mass is 10.2. The molecule has 1 aliphatic heterocycles. The molecule has 1 N–H and O–H groups in total. The molecule has 0 amide bonds. The minimum absolute atomic E-state index is 0.187. The average molecular weight is 360 g/mol. The fraction of sp³-hybridized carbons (Fsp3) is 0.400. The number of anilines is 1. The zero-order valence-electron chi connectivity index (χ0n) is 15.0. The molecular weight excluding hydrogens is 335 g/mol. The van der Waals surface area contributed by atoms with Gasteiger partial charge in [-0.15, -0.1) is 0 Å². The van der Waals surface area contributed by atoms with Gasteiger partial charge in [0, 0.05) is 38.8 Å². The van der Waals surface area contributed by atoms with Crippen LogP contribution in [-0.4, -0.2) is 62.6 Å². The molecule has 1 fully saturated rings. The Kier molecular flexibility index (Phi) is 6.30. The second-order valence-electron chi connectivity index (χ2n) is 6.38. The summed E-state index contributed by atoms with van der Waals surface area (Å²) in [6.45, 7) is 3.81. The van der Waals surface area contributed by atoms with Gasteiger partial charge in [-0.3, -0.25) is 4.90 Å². The molecule has 5 nitrogen and oxygen atoms in total. The second kappa shape index (κ2) is 8.87. The number of aliphatic hydroxyl groups is 1. The third kappa shape index (κ3) is 4.86. The molecule has 0 aromatic heterocycles. The van der Waals surface area contributed by atoms with Gasteiger partial charge in [0.1, 0.15) is 30.0 Å². The predicted molar refractivity (Wildman–Crippen MR) is 99.5 cm³/mol. The number of piperazine rings is 1. The Morgan fingerprint density at radius 3 is 2.50 bits per heavy atom. The highest BCUT2D eigenvalue weighted by Gasteiger charge is 2.21. The van der Waals surface area contributed by atoms with Crippen LogP contribution in [0.4, 0.5) is 10.1 Å². The number of halogens is 1. The van der Waals surface area contributed by atoms with Crippen LogP contribution in [0.25, 0.3) is 0 Å². The van der Waals surface area contributed by atoms with Gasteiger partial charge >= 0.3 is 0 Å². The van der Waals surface area contributed by atoms with Crippen molar-refractivity contribution in [2.45, 2.75) is 6.10 Å². The predicted octanol–water partition coefficient (Wildman–Crippen LogP) is 2.40. The zero-order chi connectivity index (χ0) is 18.4. The molecule has 140 valence electrons. The number of ether oxygens (including phenoxy) is 2. The molecule has 1 atom stereocenters. The normalized spacial score (nSPS) is 16.3. The number of benzene rings is 2. The number of aliphatic hydroxyl groups excluding tert-OH is 1. The van der Waals surface area contributed by atoms with Crippen molar-refractivity contribution in [3.63, 3.8) is 0 Å². The van der Waals surface area contributed by atoms with E-state index in [1.165, 1.54) is 6.07 Å². The van der Waals surface area contributed by atoms with Crippen molar-refractivity contribution in [2.24, 2.45) is 0 Å². The molecule has 2 aromatic carbocycles. The van der Waals surface area contributed by atoms with Crippen LogP contribution in [0, 0.1) is 5.82 Å². The van der Waals surface area contributed by atoms with E-state index in [4.69, 9.17) is 9.47 Å². The van der Waals surface area contributed by atoms with E-state index in [0.29, 0.717) is 18.0 Å². The Balaban J connectivity index is 1.43. The van der Waals surface area contributed by atoms with E-state index >= 15 is 0 Å². The first-order valence-electron chi connectivity index (χ1n) is 8.82. The Labute approximate surface area is 153 Å². The number of methoxy groups -OCH3 is 1. The zero-order valence-corrected chi connectivity index (χ0v) is 15.0. The third-order valence-corrected chi connectivity index (χ3v) is 4.52. The number of hydrogen-bond donors (Lipinski definition) is 1. The largest absolute Gasteiger partial charge is 0.497 e. The van der Waals surface area contributed by atoms with Gasteiger partial charge in [0.2, 0.25) is 0 Å². The van der Waals surface area contributed by atoms with E-state index in [1.54, 1.807) is 19.2 Å². The summed E-state index contributed by atoms with van der Waals surface area (Å²) >= 11 is 0. The van der Waals surface area contributed by atoms with Gasteiger partial charge < -0.3 is 19.5 Å². The first kappa shape index (κ1) is 18.5. The lowest BCUT2D eigenvalue weighted by Gasteiger charge is -2.36. The third-order valence-electron chi connectivity index (χ3n) is 4.52. The van der Waals surface area contributed by atoms with Crippen molar-refractivity contribution >= 4 is 5.69 Å². The lowest BCUT2D eigenvalue weighted by molar-refractivity contribution is 0.0662. The molecular formula is C20H25FN2O3. The molecule has 2 aromatic rings. The highest BCUT2D eigenvalue weighted by Crippen LogP contribution is 2.21.